The van der Waals surface area contributed by atoms with Crippen LogP contribution in [0.2, 0.25) is 0 Å². The number of nitrogens with two attached hydrogens (primary N) is 2. The highest BCUT2D eigenvalue weighted by Crippen LogP contribution is 2.11. The minimum absolute atomic E-state index is 0.0167. The molecule has 0 heterocycles. The molecule has 0 atom stereocenters. The fourth-order valence-corrected chi connectivity index (χ4v) is 1.13. The first-order valence-corrected chi connectivity index (χ1v) is 4.87. The quantitative estimate of drug-likeness (QED) is 0.432. The van der Waals surface area contributed by atoms with Gasteiger partial charge in [0.15, 0.2) is 0 Å². The molecule has 1 aromatic rings. The van der Waals surface area contributed by atoms with E-state index in [1.54, 1.807) is 0 Å². The number of rotatable bonds is 4. The van der Waals surface area contributed by atoms with Gasteiger partial charge in [-0.1, -0.05) is 0 Å². The smallest absolute Gasteiger partial charge is 0.312 e. The van der Waals surface area contributed by atoms with Crippen LogP contribution in [0.3, 0.4) is 0 Å². The summed E-state index contributed by atoms with van der Waals surface area (Å²) < 4.78 is 13.1. The molecule has 0 saturated carbocycles. The van der Waals surface area contributed by atoms with Crippen molar-refractivity contribution in [3.63, 3.8) is 0 Å². The number of primary amides is 1. The van der Waals surface area contributed by atoms with E-state index in [4.69, 9.17) is 11.5 Å². The Morgan fingerprint density at radius 1 is 1.24 bits per heavy atom. The molecular formula is C10H13FN4O2. The maximum absolute atomic E-state index is 13.1. The lowest BCUT2D eigenvalue weighted by molar-refractivity contribution is 0.0953. The summed E-state index contributed by atoms with van der Waals surface area (Å²) in [6, 6.07) is 3.10. The third kappa shape index (κ3) is 3.98. The van der Waals surface area contributed by atoms with E-state index in [2.05, 4.69) is 10.6 Å². The Morgan fingerprint density at radius 3 is 2.47 bits per heavy atom. The largest absolute Gasteiger partial charge is 0.396 e. The number of nitrogen functional groups attached to an aromatic ring is 1. The molecule has 6 N–H and O–H groups in total. The number of carbonyl (C=O) groups is 2. The lowest BCUT2D eigenvalue weighted by atomic mass is 10.2. The van der Waals surface area contributed by atoms with Crippen LogP contribution in [-0.4, -0.2) is 25.0 Å². The summed E-state index contributed by atoms with van der Waals surface area (Å²) in [5, 5.41) is 4.79. The average molecular weight is 240 g/mol. The van der Waals surface area contributed by atoms with Crippen LogP contribution in [0.15, 0.2) is 18.2 Å². The van der Waals surface area contributed by atoms with Crippen molar-refractivity contribution in [1.82, 2.24) is 10.6 Å². The second kappa shape index (κ2) is 5.69. The summed E-state index contributed by atoms with van der Waals surface area (Å²) in [6.07, 6.45) is 0. The molecule has 0 spiro atoms. The molecule has 0 fully saturated rings. The van der Waals surface area contributed by atoms with Crippen LogP contribution >= 0.6 is 0 Å². The van der Waals surface area contributed by atoms with E-state index in [1.165, 1.54) is 12.1 Å². The minimum Gasteiger partial charge on any atom is -0.396 e. The van der Waals surface area contributed by atoms with E-state index < -0.39 is 17.8 Å². The molecule has 3 amide bonds. The van der Waals surface area contributed by atoms with Gasteiger partial charge in [0, 0.05) is 18.7 Å². The van der Waals surface area contributed by atoms with Gasteiger partial charge in [0.25, 0.3) is 5.91 Å². The summed E-state index contributed by atoms with van der Waals surface area (Å²) in [6.45, 7) is 0.409. The van der Waals surface area contributed by atoms with Crippen LogP contribution in [-0.2, 0) is 0 Å². The molecule has 0 unspecified atom stereocenters. The lowest BCUT2D eigenvalue weighted by Gasteiger charge is -2.06. The normalized spacial score (nSPS) is 9.71. The number of hydrogen-bond acceptors (Lipinski definition) is 3. The highest BCUT2D eigenvalue weighted by atomic mass is 19.1. The Balaban J connectivity index is 2.47. The summed E-state index contributed by atoms with van der Waals surface area (Å²) in [5.41, 5.74) is 10.3. The van der Waals surface area contributed by atoms with E-state index in [0.29, 0.717) is 0 Å². The molecule has 0 radical (unpaired) electrons. The second-order valence-corrected chi connectivity index (χ2v) is 3.28. The standard InChI is InChI=1S/C10H13FN4O2/c11-7-5-6(1-2-8(7)12)9(16)14-3-4-15-10(13)17/h1-2,5H,3-4,12H2,(H,14,16)(H3,13,15,17). The van der Waals surface area contributed by atoms with Gasteiger partial charge < -0.3 is 22.1 Å². The van der Waals surface area contributed by atoms with Crippen LogP contribution in [0.25, 0.3) is 0 Å². The van der Waals surface area contributed by atoms with E-state index in [0.717, 1.165) is 6.07 Å². The fraction of sp³-hybridized carbons (Fsp3) is 0.200. The Labute approximate surface area is 97.2 Å². The van der Waals surface area contributed by atoms with Crippen LogP contribution in [0.1, 0.15) is 10.4 Å². The molecule has 1 aromatic carbocycles. The summed E-state index contributed by atoms with van der Waals surface area (Å²) in [7, 11) is 0. The van der Waals surface area contributed by atoms with Crippen LogP contribution in [0.4, 0.5) is 14.9 Å². The van der Waals surface area contributed by atoms with Gasteiger partial charge >= 0.3 is 6.03 Å². The molecule has 0 aromatic heterocycles. The zero-order valence-corrected chi connectivity index (χ0v) is 9.00. The number of urea groups is 1. The first-order valence-electron chi connectivity index (χ1n) is 4.87. The Kier molecular flexibility index (Phi) is 4.27. The molecule has 1 rings (SSSR count). The van der Waals surface area contributed by atoms with Crippen molar-refractivity contribution >= 4 is 17.6 Å². The van der Waals surface area contributed by atoms with Crippen molar-refractivity contribution in [2.24, 2.45) is 5.73 Å². The molecule has 92 valence electrons. The lowest BCUT2D eigenvalue weighted by Crippen LogP contribution is -2.37. The zero-order chi connectivity index (χ0) is 12.8. The number of hydrogen-bond donors (Lipinski definition) is 4. The number of halogens is 1. The van der Waals surface area contributed by atoms with Gasteiger partial charge in [-0.2, -0.15) is 0 Å². The topological polar surface area (TPSA) is 110 Å². The number of anilines is 1. The van der Waals surface area contributed by atoms with Crippen LogP contribution in [0, 0.1) is 5.82 Å². The summed E-state index contributed by atoms with van der Waals surface area (Å²) >= 11 is 0. The summed E-state index contributed by atoms with van der Waals surface area (Å²) in [4.78, 5) is 21.8. The number of carbonyl (C=O) groups excluding carboxylic acids is 2. The van der Waals surface area contributed by atoms with Crippen molar-refractivity contribution in [2.75, 3.05) is 18.8 Å². The van der Waals surface area contributed by atoms with Crippen LogP contribution in [0.5, 0.6) is 0 Å². The monoisotopic (exact) mass is 240 g/mol. The van der Waals surface area contributed by atoms with Crippen molar-refractivity contribution in [3.05, 3.63) is 29.6 Å². The Bertz CT molecular complexity index is 436. The molecule has 0 aliphatic heterocycles. The molecule has 7 heteroatoms. The molecule has 0 aliphatic rings. The molecular weight excluding hydrogens is 227 g/mol. The SMILES string of the molecule is NC(=O)NCCNC(=O)c1ccc(N)c(F)c1. The van der Waals surface area contributed by atoms with Crippen molar-refractivity contribution in [3.8, 4) is 0 Å². The second-order valence-electron chi connectivity index (χ2n) is 3.28. The minimum atomic E-state index is -0.669. The van der Waals surface area contributed by atoms with Gasteiger partial charge in [-0.05, 0) is 18.2 Å². The zero-order valence-electron chi connectivity index (χ0n) is 9.00. The first-order chi connectivity index (χ1) is 8.00. The highest BCUT2D eigenvalue weighted by Gasteiger charge is 2.07. The Morgan fingerprint density at radius 2 is 1.88 bits per heavy atom. The molecule has 17 heavy (non-hydrogen) atoms. The highest BCUT2D eigenvalue weighted by molar-refractivity contribution is 5.94. The average Bonchev–Trinajstić information content (AvgIpc) is 2.27. The van der Waals surface area contributed by atoms with E-state index in [9.17, 15) is 14.0 Å². The maximum Gasteiger partial charge on any atom is 0.312 e. The number of nitrogens with one attached hydrogen (secondary N) is 2. The fourth-order valence-electron chi connectivity index (χ4n) is 1.13. The maximum atomic E-state index is 13.1. The Hall–Kier alpha value is -2.31. The van der Waals surface area contributed by atoms with Crippen molar-refractivity contribution < 1.29 is 14.0 Å². The van der Waals surface area contributed by atoms with Gasteiger partial charge in [-0.15, -0.1) is 0 Å². The molecule has 0 bridgehead atoms. The van der Waals surface area contributed by atoms with Gasteiger partial charge in [-0.3, -0.25) is 4.79 Å². The van der Waals surface area contributed by atoms with E-state index in [1.807, 2.05) is 0 Å². The molecule has 0 aliphatic carbocycles. The molecule has 0 saturated heterocycles. The predicted octanol–water partition coefficient (Wildman–Crippen LogP) is -0.194. The predicted molar refractivity (Wildman–Crippen MR) is 60.7 cm³/mol. The van der Waals surface area contributed by atoms with Crippen LogP contribution < -0.4 is 22.1 Å². The molecule has 6 nitrogen and oxygen atoms in total. The number of benzene rings is 1. The summed E-state index contributed by atoms with van der Waals surface area (Å²) in [5.74, 6) is -1.09. The third-order valence-corrected chi connectivity index (χ3v) is 1.97. The van der Waals surface area contributed by atoms with Gasteiger partial charge in [0.05, 0.1) is 5.69 Å². The van der Waals surface area contributed by atoms with Gasteiger partial charge in [0.1, 0.15) is 5.82 Å². The van der Waals surface area contributed by atoms with E-state index >= 15 is 0 Å². The van der Waals surface area contributed by atoms with Gasteiger partial charge in [-0.25, -0.2) is 9.18 Å². The number of amides is 3. The van der Waals surface area contributed by atoms with Gasteiger partial charge in [0.2, 0.25) is 0 Å². The third-order valence-electron chi connectivity index (χ3n) is 1.97. The first kappa shape index (κ1) is 12.8. The van der Waals surface area contributed by atoms with Crippen molar-refractivity contribution in [2.45, 2.75) is 0 Å². The van der Waals surface area contributed by atoms with E-state index in [-0.39, 0.29) is 24.3 Å². The van der Waals surface area contributed by atoms with Crippen molar-refractivity contribution in [1.29, 1.82) is 0 Å².